The molecule has 7 nitrogen and oxygen atoms in total. The fourth-order valence-electron chi connectivity index (χ4n) is 2.88. The van der Waals surface area contributed by atoms with Crippen LogP contribution in [0.15, 0.2) is 42.5 Å². The number of nitrogens with zero attached hydrogens (tertiary/aromatic N) is 2. The highest BCUT2D eigenvalue weighted by atomic mass is 19.4. The van der Waals surface area contributed by atoms with Crippen LogP contribution in [0, 0.1) is 0 Å². The summed E-state index contributed by atoms with van der Waals surface area (Å²) in [5.74, 6) is -2.12. The van der Waals surface area contributed by atoms with Gasteiger partial charge in [-0.15, -0.1) is 0 Å². The van der Waals surface area contributed by atoms with Crippen molar-refractivity contribution in [3.8, 4) is 11.5 Å². The Morgan fingerprint density at radius 3 is 2.47 bits per heavy atom. The molecule has 10 heteroatoms. The van der Waals surface area contributed by atoms with E-state index in [9.17, 15) is 22.8 Å². The minimum atomic E-state index is -4.76. The number of ketones is 1. The molecular weight excluding hydrogens is 405 g/mol. The fourth-order valence-corrected chi connectivity index (χ4v) is 2.88. The maximum Gasteiger partial charge on any atom is 0.449 e. The van der Waals surface area contributed by atoms with Crippen LogP contribution in [0.3, 0.4) is 0 Å². The second kappa shape index (κ2) is 8.44. The normalized spacial score (nSPS) is 11.4. The first-order valence-electron chi connectivity index (χ1n) is 8.68. The zero-order chi connectivity index (χ0) is 21.9. The van der Waals surface area contributed by atoms with Crippen LogP contribution in [0.4, 0.5) is 13.2 Å². The third-order valence-electron chi connectivity index (χ3n) is 4.27. The van der Waals surface area contributed by atoms with E-state index in [4.69, 9.17) is 14.2 Å². The quantitative estimate of drug-likeness (QED) is 0.428. The van der Waals surface area contributed by atoms with E-state index in [1.54, 1.807) is 6.07 Å². The van der Waals surface area contributed by atoms with Crippen LogP contribution in [-0.2, 0) is 22.3 Å². The molecule has 30 heavy (non-hydrogen) atoms. The Morgan fingerprint density at radius 1 is 1.07 bits per heavy atom. The number of hydrogen-bond donors (Lipinski definition) is 0. The molecule has 3 rings (SSSR count). The molecule has 0 aliphatic rings. The molecule has 0 spiro atoms. The SMILES string of the molecule is COc1ccc(C(=O)COC(=O)Cn2c(C(F)(F)F)nc3ccccc32)c(OC)c1. The second-order valence-corrected chi connectivity index (χ2v) is 6.16. The summed E-state index contributed by atoms with van der Waals surface area (Å²) in [7, 11) is 2.81. The largest absolute Gasteiger partial charge is 0.497 e. The summed E-state index contributed by atoms with van der Waals surface area (Å²) in [5, 5.41) is 0. The van der Waals surface area contributed by atoms with Crippen LogP contribution in [0.5, 0.6) is 11.5 Å². The van der Waals surface area contributed by atoms with Crippen molar-refractivity contribution in [1.29, 1.82) is 0 Å². The number of rotatable bonds is 7. The Hall–Kier alpha value is -3.56. The summed E-state index contributed by atoms with van der Waals surface area (Å²) < 4.78 is 55.7. The maximum absolute atomic E-state index is 13.3. The summed E-state index contributed by atoms with van der Waals surface area (Å²) in [4.78, 5) is 28.1. The Balaban J connectivity index is 1.75. The number of ether oxygens (including phenoxy) is 3. The predicted octanol–water partition coefficient (Wildman–Crippen LogP) is 3.50. The standard InChI is InChI=1S/C20H17F3N2O5/c1-28-12-7-8-13(17(9-12)29-2)16(26)11-30-18(27)10-25-15-6-4-3-5-14(15)24-19(25)20(21,22)23/h3-9H,10-11H2,1-2H3. The number of Topliss-reactive ketones (excluding diaryl/α,β-unsaturated/α-hetero) is 1. The van der Waals surface area contributed by atoms with Gasteiger partial charge in [0, 0.05) is 6.07 Å². The lowest BCUT2D eigenvalue weighted by molar-refractivity contribution is -0.150. The third-order valence-corrected chi connectivity index (χ3v) is 4.27. The zero-order valence-corrected chi connectivity index (χ0v) is 16.0. The highest BCUT2D eigenvalue weighted by Gasteiger charge is 2.38. The average molecular weight is 422 g/mol. The number of carbonyl (C=O) groups excluding carboxylic acids is 2. The van der Waals surface area contributed by atoms with Gasteiger partial charge in [-0.25, -0.2) is 4.98 Å². The number of esters is 1. The van der Waals surface area contributed by atoms with Crippen molar-refractivity contribution in [2.24, 2.45) is 0 Å². The van der Waals surface area contributed by atoms with E-state index in [1.807, 2.05) is 0 Å². The average Bonchev–Trinajstić information content (AvgIpc) is 3.10. The number of imidazole rings is 1. The molecule has 158 valence electrons. The molecule has 0 aliphatic carbocycles. The number of carbonyl (C=O) groups is 2. The van der Waals surface area contributed by atoms with E-state index in [1.165, 1.54) is 50.6 Å². The van der Waals surface area contributed by atoms with Crippen molar-refractivity contribution >= 4 is 22.8 Å². The lowest BCUT2D eigenvalue weighted by Crippen LogP contribution is -2.22. The van der Waals surface area contributed by atoms with Gasteiger partial charge in [0.05, 0.1) is 30.8 Å². The summed E-state index contributed by atoms with van der Waals surface area (Å²) in [6.45, 7) is -1.40. The van der Waals surface area contributed by atoms with Gasteiger partial charge < -0.3 is 18.8 Å². The van der Waals surface area contributed by atoms with E-state index in [0.717, 1.165) is 4.57 Å². The van der Waals surface area contributed by atoms with E-state index in [2.05, 4.69) is 4.98 Å². The Kier molecular flexibility index (Phi) is 5.95. The van der Waals surface area contributed by atoms with Gasteiger partial charge in [-0.3, -0.25) is 9.59 Å². The minimum absolute atomic E-state index is 0.0941. The molecule has 0 atom stereocenters. The molecule has 2 aromatic carbocycles. The molecule has 0 amide bonds. The maximum atomic E-state index is 13.3. The first-order chi connectivity index (χ1) is 14.2. The summed E-state index contributed by atoms with van der Waals surface area (Å²) in [6, 6.07) is 10.4. The van der Waals surface area contributed by atoms with Gasteiger partial charge in [-0.05, 0) is 24.3 Å². The number of alkyl halides is 3. The van der Waals surface area contributed by atoms with Crippen LogP contribution in [-0.4, -0.2) is 42.1 Å². The van der Waals surface area contributed by atoms with Gasteiger partial charge >= 0.3 is 12.1 Å². The molecular formula is C20H17F3N2O5. The molecule has 0 saturated heterocycles. The lowest BCUT2D eigenvalue weighted by Gasteiger charge is -2.12. The van der Waals surface area contributed by atoms with Crippen molar-refractivity contribution in [2.45, 2.75) is 12.7 Å². The molecule has 0 aliphatic heterocycles. The Labute approximate surface area is 169 Å². The summed E-state index contributed by atoms with van der Waals surface area (Å²) in [5.41, 5.74) is 0.372. The first kappa shape index (κ1) is 21.2. The summed E-state index contributed by atoms with van der Waals surface area (Å²) in [6.07, 6.45) is -4.76. The Morgan fingerprint density at radius 2 is 1.80 bits per heavy atom. The van der Waals surface area contributed by atoms with Crippen molar-refractivity contribution in [2.75, 3.05) is 20.8 Å². The van der Waals surface area contributed by atoms with Gasteiger partial charge in [0.1, 0.15) is 18.0 Å². The van der Waals surface area contributed by atoms with Crippen molar-refractivity contribution in [3.63, 3.8) is 0 Å². The van der Waals surface area contributed by atoms with Crippen molar-refractivity contribution in [3.05, 3.63) is 53.9 Å². The number of benzene rings is 2. The molecule has 0 saturated carbocycles. The number of methoxy groups -OCH3 is 2. The van der Waals surface area contributed by atoms with Gasteiger partial charge in [-0.1, -0.05) is 12.1 Å². The van der Waals surface area contributed by atoms with Crippen LogP contribution in [0.2, 0.25) is 0 Å². The van der Waals surface area contributed by atoms with Crippen molar-refractivity contribution in [1.82, 2.24) is 9.55 Å². The number of hydrogen-bond acceptors (Lipinski definition) is 6. The zero-order valence-electron chi connectivity index (χ0n) is 16.0. The van der Waals surface area contributed by atoms with E-state index < -0.39 is 36.9 Å². The molecule has 0 fully saturated rings. The highest BCUT2D eigenvalue weighted by molar-refractivity contribution is 6.00. The molecule has 0 bridgehead atoms. The number of halogens is 3. The fraction of sp³-hybridized carbons (Fsp3) is 0.250. The van der Waals surface area contributed by atoms with Crippen LogP contribution in [0.1, 0.15) is 16.2 Å². The van der Waals surface area contributed by atoms with Crippen LogP contribution < -0.4 is 9.47 Å². The third kappa shape index (κ3) is 4.37. The van der Waals surface area contributed by atoms with Gasteiger partial charge in [0.2, 0.25) is 11.6 Å². The smallest absolute Gasteiger partial charge is 0.449 e. The van der Waals surface area contributed by atoms with Gasteiger partial charge in [0.15, 0.2) is 6.61 Å². The van der Waals surface area contributed by atoms with Gasteiger partial charge in [0.25, 0.3) is 0 Å². The second-order valence-electron chi connectivity index (χ2n) is 6.16. The summed E-state index contributed by atoms with van der Waals surface area (Å²) >= 11 is 0. The van der Waals surface area contributed by atoms with E-state index in [-0.39, 0.29) is 22.3 Å². The monoisotopic (exact) mass is 422 g/mol. The van der Waals surface area contributed by atoms with Gasteiger partial charge in [-0.2, -0.15) is 13.2 Å². The molecule has 1 heterocycles. The molecule has 0 unspecified atom stereocenters. The number of aromatic nitrogens is 2. The number of para-hydroxylation sites is 2. The number of fused-ring (bicyclic) bond motifs is 1. The molecule has 3 aromatic rings. The molecule has 1 aromatic heterocycles. The predicted molar refractivity (Wildman–Crippen MR) is 99.6 cm³/mol. The molecule has 0 N–H and O–H groups in total. The first-order valence-corrected chi connectivity index (χ1v) is 8.68. The topological polar surface area (TPSA) is 79.7 Å². The van der Waals surface area contributed by atoms with E-state index in [0.29, 0.717) is 5.75 Å². The van der Waals surface area contributed by atoms with Crippen LogP contribution in [0.25, 0.3) is 11.0 Å². The highest BCUT2D eigenvalue weighted by Crippen LogP contribution is 2.31. The lowest BCUT2D eigenvalue weighted by atomic mass is 10.1. The minimum Gasteiger partial charge on any atom is -0.497 e. The Bertz CT molecular complexity index is 1090. The van der Waals surface area contributed by atoms with Crippen LogP contribution >= 0.6 is 0 Å². The van der Waals surface area contributed by atoms with Crippen molar-refractivity contribution < 1.29 is 37.0 Å². The molecule has 0 radical (unpaired) electrons. The van der Waals surface area contributed by atoms with E-state index >= 15 is 0 Å².